The molecule has 0 aromatic rings. The van der Waals surface area contributed by atoms with E-state index in [4.69, 9.17) is 5.11 Å². The molecule has 0 radical (unpaired) electrons. The highest BCUT2D eigenvalue weighted by molar-refractivity contribution is 14.1. The molecule has 2 aliphatic rings. The first-order chi connectivity index (χ1) is 7.66. The monoisotopic (exact) mass is 338 g/mol. The summed E-state index contributed by atoms with van der Waals surface area (Å²) in [5.74, 6) is -0.700. The summed E-state index contributed by atoms with van der Waals surface area (Å²) in [5, 5.41) is 9.07. The van der Waals surface area contributed by atoms with Gasteiger partial charge in [-0.15, -0.1) is 0 Å². The molecule has 1 aliphatic heterocycles. The SMILES string of the molecule is O=C(O)C1CCCC(N2CCN(I)CC2)C1. The first-order valence-corrected chi connectivity index (χ1v) is 7.01. The Kier molecular flexibility index (Phi) is 4.43. The van der Waals surface area contributed by atoms with Crippen molar-refractivity contribution in [2.75, 3.05) is 26.2 Å². The Morgan fingerprint density at radius 2 is 1.88 bits per heavy atom. The van der Waals surface area contributed by atoms with Crippen molar-refractivity contribution < 1.29 is 9.90 Å². The number of carbonyl (C=O) groups is 1. The number of aliphatic carboxylic acids is 1. The zero-order chi connectivity index (χ0) is 11.5. The summed E-state index contributed by atoms with van der Waals surface area (Å²) in [7, 11) is 0. The van der Waals surface area contributed by atoms with Gasteiger partial charge >= 0.3 is 5.97 Å². The predicted octanol–water partition coefficient (Wildman–Crippen LogP) is 1.60. The number of piperazine rings is 1. The van der Waals surface area contributed by atoms with Gasteiger partial charge in [-0.05, 0) is 19.3 Å². The van der Waals surface area contributed by atoms with Gasteiger partial charge in [0.25, 0.3) is 0 Å². The van der Waals surface area contributed by atoms with Crippen molar-refractivity contribution in [1.29, 1.82) is 0 Å². The van der Waals surface area contributed by atoms with E-state index >= 15 is 0 Å². The van der Waals surface area contributed by atoms with E-state index < -0.39 is 5.97 Å². The smallest absolute Gasteiger partial charge is 0.306 e. The van der Waals surface area contributed by atoms with Gasteiger partial charge in [-0.3, -0.25) is 9.69 Å². The molecule has 2 fully saturated rings. The molecule has 1 saturated carbocycles. The molecule has 0 bridgehead atoms. The minimum atomic E-state index is -0.600. The summed E-state index contributed by atoms with van der Waals surface area (Å²) in [6.45, 7) is 4.41. The van der Waals surface area contributed by atoms with Gasteiger partial charge in [-0.2, -0.15) is 0 Å². The molecule has 0 spiro atoms. The van der Waals surface area contributed by atoms with Crippen LogP contribution < -0.4 is 0 Å². The predicted molar refractivity (Wildman–Crippen MR) is 70.5 cm³/mol. The summed E-state index contributed by atoms with van der Waals surface area (Å²) < 4.78 is 2.31. The lowest BCUT2D eigenvalue weighted by molar-refractivity contribution is -0.143. The topological polar surface area (TPSA) is 43.8 Å². The lowest BCUT2D eigenvalue weighted by atomic mass is 9.85. The van der Waals surface area contributed by atoms with Crippen molar-refractivity contribution in [2.24, 2.45) is 5.92 Å². The van der Waals surface area contributed by atoms with Crippen LogP contribution in [0, 0.1) is 5.92 Å². The normalized spacial score (nSPS) is 33.8. The summed E-state index contributed by atoms with van der Waals surface area (Å²) >= 11 is 2.36. The van der Waals surface area contributed by atoms with Crippen LogP contribution >= 0.6 is 22.9 Å². The standard InChI is InChI=1S/C11H19IN2O2/c12-14-6-4-13(5-7-14)10-3-1-2-9(8-10)11(15)16/h9-10H,1-8H2,(H,15,16). The van der Waals surface area contributed by atoms with Gasteiger partial charge in [-0.25, -0.2) is 3.11 Å². The van der Waals surface area contributed by atoms with Crippen LogP contribution in [0.1, 0.15) is 25.7 Å². The molecule has 0 amide bonds. The van der Waals surface area contributed by atoms with E-state index in [1.54, 1.807) is 0 Å². The minimum Gasteiger partial charge on any atom is -0.481 e. The number of halogens is 1. The van der Waals surface area contributed by atoms with Crippen molar-refractivity contribution >= 4 is 28.8 Å². The zero-order valence-corrected chi connectivity index (χ0v) is 11.6. The molecule has 92 valence electrons. The van der Waals surface area contributed by atoms with Crippen LogP contribution in [0.15, 0.2) is 0 Å². The van der Waals surface area contributed by atoms with Crippen molar-refractivity contribution in [3.63, 3.8) is 0 Å². The Labute approximate surface area is 110 Å². The number of nitrogens with zero attached hydrogens (tertiary/aromatic N) is 2. The zero-order valence-electron chi connectivity index (χ0n) is 9.44. The average Bonchev–Trinajstić information content (AvgIpc) is 2.30. The Morgan fingerprint density at radius 1 is 1.19 bits per heavy atom. The van der Waals surface area contributed by atoms with Crippen LogP contribution in [-0.4, -0.2) is 51.3 Å². The Morgan fingerprint density at radius 3 is 2.50 bits per heavy atom. The Bertz CT molecular complexity index is 254. The fraction of sp³-hybridized carbons (Fsp3) is 0.909. The molecular formula is C11H19IN2O2. The third-order valence-corrected chi connectivity index (χ3v) is 4.74. The third kappa shape index (κ3) is 3.07. The molecule has 1 N–H and O–H groups in total. The van der Waals surface area contributed by atoms with Gasteiger partial charge in [0.15, 0.2) is 0 Å². The summed E-state index contributed by atoms with van der Waals surface area (Å²) in [5.41, 5.74) is 0. The van der Waals surface area contributed by atoms with E-state index in [1.165, 1.54) is 6.42 Å². The lowest BCUT2D eigenvalue weighted by Gasteiger charge is -2.40. The molecule has 2 atom stereocenters. The molecule has 1 aliphatic carbocycles. The largest absolute Gasteiger partial charge is 0.481 e. The summed E-state index contributed by atoms with van der Waals surface area (Å²) in [6, 6.07) is 0.514. The molecule has 1 heterocycles. The number of carboxylic acids is 1. The Hall–Kier alpha value is 0.120. The van der Waals surface area contributed by atoms with Crippen LogP contribution in [0.2, 0.25) is 0 Å². The van der Waals surface area contributed by atoms with Crippen molar-refractivity contribution in [3.8, 4) is 0 Å². The van der Waals surface area contributed by atoms with Crippen molar-refractivity contribution in [2.45, 2.75) is 31.7 Å². The maximum atomic E-state index is 11.0. The average molecular weight is 338 g/mol. The minimum absolute atomic E-state index is 0.101. The van der Waals surface area contributed by atoms with E-state index in [0.29, 0.717) is 6.04 Å². The van der Waals surface area contributed by atoms with Gasteiger partial charge in [0.2, 0.25) is 0 Å². The summed E-state index contributed by atoms with van der Waals surface area (Å²) in [4.78, 5) is 13.5. The van der Waals surface area contributed by atoms with Crippen LogP contribution in [0.3, 0.4) is 0 Å². The van der Waals surface area contributed by atoms with Gasteiger partial charge in [-0.1, -0.05) is 6.42 Å². The number of rotatable bonds is 2. The molecule has 0 aromatic carbocycles. The second kappa shape index (κ2) is 5.64. The third-order valence-electron chi connectivity index (χ3n) is 3.77. The number of hydrogen-bond donors (Lipinski definition) is 1. The van der Waals surface area contributed by atoms with Crippen LogP contribution in [0.5, 0.6) is 0 Å². The van der Waals surface area contributed by atoms with Crippen molar-refractivity contribution in [1.82, 2.24) is 8.01 Å². The van der Waals surface area contributed by atoms with Gasteiger partial charge in [0, 0.05) is 55.1 Å². The van der Waals surface area contributed by atoms with E-state index in [2.05, 4.69) is 30.9 Å². The second-order valence-corrected chi connectivity index (χ2v) is 6.17. The molecule has 4 nitrogen and oxygen atoms in total. The van der Waals surface area contributed by atoms with Gasteiger partial charge in [0.05, 0.1) is 5.92 Å². The van der Waals surface area contributed by atoms with E-state index in [0.717, 1.165) is 45.4 Å². The highest BCUT2D eigenvalue weighted by Gasteiger charge is 2.31. The molecule has 2 unspecified atom stereocenters. The summed E-state index contributed by atoms with van der Waals surface area (Å²) in [6.07, 6.45) is 3.99. The van der Waals surface area contributed by atoms with Gasteiger partial charge < -0.3 is 5.11 Å². The Balaban J connectivity index is 1.87. The fourth-order valence-electron chi connectivity index (χ4n) is 2.78. The quantitative estimate of drug-likeness (QED) is 0.614. The first kappa shape index (κ1) is 12.6. The molecule has 1 saturated heterocycles. The molecular weight excluding hydrogens is 319 g/mol. The fourth-order valence-corrected chi connectivity index (χ4v) is 3.21. The van der Waals surface area contributed by atoms with Crippen molar-refractivity contribution in [3.05, 3.63) is 0 Å². The number of hydrogen-bond acceptors (Lipinski definition) is 3. The van der Waals surface area contributed by atoms with Crippen LogP contribution in [0.4, 0.5) is 0 Å². The molecule has 0 aromatic heterocycles. The maximum absolute atomic E-state index is 11.0. The van der Waals surface area contributed by atoms with Crippen LogP contribution in [0.25, 0.3) is 0 Å². The molecule has 5 heteroatoms. The molecule has 16 heavy (non-hydrogen) atoms. The number of carboxylic acid groups (broad SMARTS) is 1. The van der Waals surface area contributed by atoms with E-state index in [1.807, 2.05) is 0 Å². The van der Waals surface area contributed by atoms with E-state index in [9.17, 15) is 4.79 Å². The highest BCUT2D eigenvalue weighted by atomic mass is 127. The maximum Gasteiger partial charge on any atom is 0.306 e. The van der Waals surface area contributed by atoms with Gasteiger partial charge in [0.1, 0.15) is 0 Å². The lowest BCUT2D eigenvalue weighted by Crippen LogP contribution is -2.49. The molecule has 2 rings (SSSR count). The first-order valence-electron chi connectivity index (χ1n) is 6.04. The van der Waals surface area contributed by atoms with Crippen LogP contribution in [-0.2, 0) is 4.79 Å². The highest BCUT2D eigenvalue weighted by Crippen LogP contribution is 2.28. The van der Waals surface area contributed by atoms with E-state index in [-0.39, 0.29) is 5.92 Å². The second-order valence-electron chi connectivity index (χ2n) is 4.80.